The van der Waals surface area contributed by atoms with Gasteiger partial charge < -0.3 is 20.1 Å². The monoisotopic (exact) mass is 356 g/mol. The van der Waals surface area contributed by atoms with Crippen molar-refractivity contribution >= 4 is 18.3 Å². The first-order valence-corrected chi connectivity index (χ1v) is 6.59. The maximum atomic E-state index is 13.0. The predicted octanol–water partition coefficient (Wildman–Crippen LogP) is 1.99. The first-order valence-electron chi connectivity index (χ1n) is 6.59. The van der Waals surface area contributed by atoms with Crippen LogP contribution in [0.2, 0.25) is 0 Å². The number of ether oxygens (including phenoxy) is 2. The SMILES string of the molecule is COCCNCC(=O)NCc1ccc(OC)cc1C(F)(F)F.Cl. The summed E-state index contributed by atoms with van der Waals surface area (Å²) < 4.78 is 48.5. The highest BCUT2D eigenvalue weighted by Crippen LogP contribution is 2.34. The lowest BCUT2D eigenvalue weighted by molar-refractivity contribution is -0.138. The Balaban J connectivity index is 0.00000484. The topological polar surface area (TPSA) is 59.6 Å². The van der Waals surface area contributed by atoms with E-state index in [1.165, 1.54) is 26.4 Å². The molecule has 0 radical (unpaired) electrons. The maximum Gasteiger partial charge on any atom is 0.416 e. The van der Waals surface area contributed by atoms with E-state index in [2.05, 4.69) is 10.6 Å². The summed E-state index contributed by atoms with van der Waals surface area (Å²) in [6.45, 7) is 0.745. The van der Waals surface area contributed by atoms with Gasteiger partial charge in [-0.3, -0.25) is 4.79 Å². The molecule has 0 bridgehead atoms. The Morgan fingerprint density at radius 1 is 1.26 bits per heavy atom. The van der Waals surface area contributed by atoms with Crippen molar-refractivity contribution in [3.8, 4) is 5.75 Å². The third-order valence-corrected chi connectivity index (χ3v) is 2.87. The lowest BCUT2D eigenvalue weighted by Crippen LogP contribution is -2.35. The summed E-state index contributed by atoms with van der Waals surface area (Å²) in [5, 5.41) is 5.25. The highest BCUT2D eigenvalue weighted by atomic mass is 35.5. The molecular formula is C14H20ClF3N2O3. The average molecular weight is 357 g/mol. The lowest BCUT2D eigenvalue weighted by atomic mass is 10.1. The smallest absolute Gasteiger partial charge is 0.416 e. The van der Waals surface area contributed by atoms with Gasteiger partial charge in [-0.1, -0.05) is 6.07 Å². The molecule has 0 saturated carbocycles. The molecule has 1 aromatic carbocycles. The van der Waals surface area contributed by atoms with Crippen LogP contribution in [-0.4, -0.2) is 39.8 Å². The Kier molecular flexibility index (Phi) is 9.62. The molecule has 0 spiro atoms. The number of benzene rings is 1. The highest BCUT2D eigenvalue weighted by Gasteiger charge is 2.33. The summed E-state index contributed by atoms with van der Waals surface area (Å²) in [5.74, 6) is -0.274. The molecule has 1 amide bonds. The Labute approximate surface area is 138 Å². The number of carbonyl (C=O) groups excluding carboxylic acids is 1. The number of rotatable bonds is 8. The van der Waals surface area contributed by atoms with Gasteiger partial charge in [-0.15, -0.1) is 12.4 Å². The minimum absolute atomic E-state index is 0. The van der Waals surface area contributed by atoms with Gasteiger partial charge in [-0.05, 0) is 17.7 Å². The third-order valence-electron chi connectivity index (χ3n) is 2.87. The molecule has 0 aliphatic carbocycles. The Morgan fingerprint density at radius 2 is 1.96 bits per heavy atom. The molecular weight excluding hydrogens is 337 g/mol. The van der Waals surface area contributed by atoms with Crippen molar-refractivity contribution < 1.29 is 27.4 Å². The molecule has 5 nitrogen and oxygen atoms in total. The van der Waals surface area contributed by atoms with Gasteiger partial charge in [-0.2, -0.15) is 13.2 Å². The van der Waals surface area contributed by atoms with E-state index < -0.39 is 11.7 Å². The van der Waals surface area contributed by atoms with Gasteiger partial charge in [0.15, 0.2) is 0 Å². The molecule has 0 atom stereocenters. The van der Waals surface area contributed by atoms with E-state index in [-0.39, 0.29) is 42.7 Å². The summed E-state index contributed by atoms with van der Waals surface area (Å²) in [6.07, 6.45) is -4.51. The first-order chi connectivity index (χ1) is 10.4. The number of nitrogens with one attached hydrogen (secondary N) is 2. The van der Waals surface area contributed by atoms with Crippen molar-refractivity contribution in [1.82, 2.24) is 10.6 Å². The molecule has 0 fully saturated rings. The number of amides is 1. The minimum Gasteiger partial charge on any atom is -0.497 e. The molecule has 132 valence electrons. The zero-order valence-electron chi connectivity index (χ0n) is 12.8. The van der Waals surface area contributed by atoms with Gasteiger partial charge in [0.1, 0.15) is 5.75 Å². The van der Waals surface area contributed by atoms with Gasteiger partial charge >= 0.3 is 6.18 Å². The fraction of sp³-hybridized carbons (Fsp3) is 0.500. The molecule has 0 heterocycles. The molecule has 2 N–H and O–H groups in total. The number of alkyl halides is 3. The molecule has 0 saturated heterocycles. The largest absolute Gasteiger partial charge is 0.497 e. The van der Waals surface area contributed by atoms with Crippen molar-refractivity contribution in [2.75, 3.05) is 33.9 Å². The van der Waals surface area contributed by atoms with Crippen LogP contribution in [0, 0.1) is 0 Å². The second-order valence-electron chi connectivity index (χ2n) is 4.47. The molecule has 9 heteroatoms. The quantitative estimate of drug-likeness (QED) is 0.699. The molecule has 0 aliphatic heterocycles. The number of carbonyl (C=O) groups is 1. The lowest BCUT2D eigenvalue weighted by Gasteiger charge is -2.15. The average Bonchev–Trinajstić information content (AvgIpc) is 2.48. The van der Waals surface area contributed by atoms with Crippen LogP contribution in [0.1, 0.15) is 11.1 Å². The van der Waals surface area contributed by atoms with Crippen molar-refractivity contribution in [1.29, 1.82) is 0 Å². The van der Waals surface area contributed by atoms with Crippen LogP contribution in [0.25, 0.3) is 0 Å². The molecule has 1 rings (SSSR count). The van der Waals surface area contributed by atoms with Crippen LogP contribution in [0.5, 0.6) is 5.75 Å². The molecule has 1 aromatic rings. The van der Waals surface area contributed by atoms with E-state index in [0.29, 0.717) is 13.2 Å². The summed E-state index contributed by atoms with van der Waals surface area (Å²) in [7, 11) is 2.83. The first kappa shape index (κ1) is 21.5. The summed E-state index contributed by atoms with van der Waals surface area (Å²) in [5.41, 5.74) is -0.835. The fourth-order valence-corrected chi connectivity index (χ4v) is 1.73. The van der Waals surface area contributed by atoms with E-state index in [0.717, 1.165) is 6.07 Å². The van der Waals surface area contributed by atoms with Crippen LogP contribution < -0.4 is 15.4 Å². The third kappa shape index (κ3) is 7.54. The summed E-state index contributed by atoms with van der Waals surface area (Å²) in [6, 6.07) is 3.63. The van der Waals surface area contributed by atoms with Crippen molar-refractivity contribution in [2.24, 2.45) is 0 Å². The van der Waals surface area contributed by atoms with Gasteiger partial charge in [0.2, 0.25) is 5.91 Å². The van der Waals surface area contributed by atoms with Gasteiger partial charge in [0, 0.05) is 20.2 Å². The zero-order chi connectivity index (χ0) is 16.6. The molecule has 0 aliphatic rings. The van der Waals surface area contributed by atoms with E-state index in [4.69, 9.17) is 9.47 Å². The van der Waals surface area contributed by atoms with Crippen LogP contribution in [-0.2, 0) is 22.3 Å². The van der Waals surface area contributed by atoms with Crippen molar-refractivity contribution in [2.45, 2.75) is 12.7 Å². The van der Waals surface area contributed by atoms with Crippen LogP contribution in [0.3, 0.4) is 0 Å². The zero-order valence-corrected chi connectivity index (χ0v) is 13.6. The predicted molar refractivity (Wildman–Crippen MR) is 81.8 cm³/mol. The second-order valence-corrected chi connectivity index (χ2v) is 4.47. The van der Waals surface area contributed by atoms with Gasteiger partial charge in [0.25, 0.3) is 0 Å². The van der Waals surface area contributed by atoms with Crippen LogP contribution in [0.4, 0.5) is 13.2 Å². The minimum atomic E-state index is -4.51. The molecule has 0 unspecified atom stereocenters. The number of hydrogen-bond acceptors (Lipinski definition) is 4. The fourth-order valence-electron chi connectivity index (χ4n) is 1.73. The normalized spacial score (nSPS) is 10.8. The Hall–Kier alpha value is -1.51. The highest BCUT2D eigenvalue weighted by molar-refractivity contribution is 5.85. The van der Waals surface area contributed by atoms with E-state index >= 15 is 0 Å². The van der Waals surface area contributed by atoms with Crippen LogP contribution >= 0.6 is 12.4 Å². The van der Waals surface area contributed by atoms with E-state index in [1.54, 1.807) is 0 Å². The van der Waals surface area contributed by atoms with Crippen LogP contribution in [0.15, 0.2) is 18.2 Å². The number of halogens is 4. The standard InChI is InChI=1S/C14H19F3N2O3.ClH/c1-21-6-5-18-9-13(20)19-8-10-3-4-11(22-2)7-12(10)14(15,16)17;/h3-4,7,18H,5-6,8-9H2,1-2H3,(H,19,20);1H. The maximum absolute atomic E-state index is 13.0. The second kappa shape index (κ2) is 10.3. The Morgan fingerprint density at radius 3 is 2.52 bits per heavy atom. The molecule has 0 aromatic heterocycles. The van der Waals surface area contributed by atoms with E-state index in [1.807, 2.05) is 0 Å². The van der Waals surface area contributed by atoms with Crippen molar-refractivity contribution in [3.05, 3.63) is 29.3 Å². The van der Waals surface area contributed by atoms with Crippen molar-refractivity contribution in [3.63, 3.8) is 0 Å². The summed E-state index contributed by atoms with van der Waals surface area (Å²) >= 11 is 0. The number of methoxy groups -OCH3 is 2. The Bertz CT molecular complexity index is 499. The summed E-state index contributed by atoms with van der Waals surface area (Å²) in [4.78, 5) is 11.5. The van der Waals surface area contributed by atoms with Gasteiger partial charge in [0.05, 0.1) is 25.8 Å². The van der Waals surface area contributed by atoms with E-state index in [9.17, 15) is 18.0 Å². The van der Waals surface area contributed by atoms with Gasteiger partial charge in [-0.25, -0.2) is 0 Å². The number of hydrogen-bond donors (Lipinski definition) is 2. The molecule has 23 heavy (non-hydrogen) atoms.